The Balaban J connectivity index is 1.61. The molecule has 0 bridgehead atoms. The molecule has 3 N–H and O–H groups in total. The van der Waals surface area contributed by atoms with Crippen LogP contribution < -0.4 is 11.1 Å². The number of rotatable bonds is 5. The number of nitrogens with two attached hydrogens (primary N) is 1. The number of carbonyl (C=O) groups excluding carboxylic acids is 1. The number of amides is 1. The van der Waals surface area contributed by atoms with Crippen LogP contribution in [-0.2, 0) is 30.7 Å². The van der Waals surface area contributed by atoms with E-state index in [2.05, 4.69) is 40.5 Å². The average Bonchev–Trinajstić information content (AvgIpc) is 3.48. The number of aromatic nitrogens is 9. The van der Waals surface area contributed by atoms with E-state index in [1.54, 1.807) is 14.0 Å². The Kier molecular flexibility index (Phi) is 5.17. The van der Waals surface area contributed by atoms with Crippen molar-refractivity contribution in [3.05, 3.63) is 29.5 Å². The van der Waals surface area contributed by atoms with Crippen molar-refractivity contribution in [1.29, 1.82) is 0 Å². The molecule has 1 atom stereocenters. The molecule has 1 unspecified atom stereocenters. The first-order valence-electron chi connectivity index (χ1n) is 10.7. The van der Waals surface area contributed by atoms with Crippen LogP contribution in [0.3, 0.4) is 0 Å². The quantitative estimate of drug-likeness (QED) is 0.373. The fourth-order valence-electron chi connectivity index (χ4n) is 4.09. The molecular formula is C20H18F5N11O. The Labute approximate surface area is 204 Å². The van der Waals surface area contributed by atoms with Crippen LogP contribution in [0, 0.1) is 0 Å². The van der Waals surface area contributed by atoms with Gasteiger partial charge >= 0.3 is 12.1 Å². The highest BCUT2D eigenvalue weighted by molar-refractivity contribution is 6.09. The molecule has 194 valence electrons. The molecule has 0 aliphatic carbocycles. The van der Waals surface area contributed by atoms with Gasteiger partial charge in [-0.25, -0.2) is 19.9 Å². The van der Waals surface area contributed by atoms with E-state index in [0.29, 0.717) is 11.1 Å². The summed E-state index contributed by atoms with van der Waals surface area (Å²) in [5, 5.41) is 15.2. The van der Waals surface area contributed by atoms with Gasteiger partial charge < -0.3 is 11.1 Å². The van der Waals surface area contributed by atoms with Crippen LogP contribution in [0.4, 0.5) is 33.6 Å². The molecule has 0 aromatic carbocycles. The van der Waals surface area contributed by atoms with Gasteiger partial charge in [0.25, 0.3) is 0 Å². The van der Waals surface area contributed by atoms with E-state index in [9.17, 15) is 26.7 Å². The van der Waals surface area contributed by atoms with Gasteiger partial charge in [-0.2, -0.15) is 42.0 Å². The number of nitrogen functional groups attached to an aromatic ring is 1. The summed E-state index contributed by atoms with van der Waals surface area (Å²) in [6.07, 6.45) is -5.28. The number of hydrogen-bond acceptors (Lipinski definition) is 9. The predicted octanol–water partition coefficient (Wildman–Crippen LogP) is 1.92. The van der Waals surface area contributed by atoms with Gasteiger partial charge in [0.05, 0.1) is 23.3 Å². The van der Waals surface area contributed by atoms with Crippen molar-refractivity contribution in [3.8, 4) is 11.5 Å². The zero-order valence-electron chi connectivity index (χ0n) is 19.5. The number of halogens is 5. The SMILES string of the molecule is Cn1ncc(C2(C)C(=O)Nc3nc(-c4nc(CCC(F)(F)C(F)(F)F)nc5c4cnn5C)nc(N)c32)n1. The molecule has 1 aliphatic heterocycles. The molecule has 4 aromatic heterocycles. The maximum absolute atomic E-state index is 13.5. The van der Waals surface area contributed by atoms with Crippen LogP contribution in [0.25, 0.3) is 22.6 Å². The molecule has 0 spiro atoms. The van der Waals surface area contributed by atoms with Crippen molar-refractivity contribution in [2.75, 3.05) is 11.1 Å². The molecule has 1 aliphatic rings. The van der Waals surface area contributed by atoms with Gasteiger partial charge in [-0.1, -0.05) is 0 Å². The number of alkyl halides is 5. The first-order chi connectivity index (χ1) is 17.2. The Bertz CT molecular complexity index is 1560. The van der Waals surface area contributed by atoms with Gasteiger partial charge in [0.2, 0.25) is 5.91 Å². The van der Waals surface area contributed by atoms with Crippen LogP contribution in [0.15, 0.2) is 12.4 Å². The summed E-state index contributed by atoms with van der Waals surface area (Å²) >= 11 is 0. The summed E-state index contributed by atoms with van der Waals surface area (Å²) in [6, 6.07) is 0. The van der Waals surface area contributed by atoms with E-state index in [1.807, 2.05) is 0 Å². The molecule has 17 heteroatoms. The molecule has 37 heavy (non-hydrogen) atoms. The standard InChI is InChI=1S/C20H18F5N11O/c1-18(9-7-28-36(3)34-9)11-13(26)31-15(32-14(11)33-17(18)37)12-8-6-27-35(2)16(8)30-10(29-12)4-5-19(21,22)20(23,24)25/h6-7H,4-5H2,1-3H3,(H3,26,31,32,33,37). The highest BCUT2D eigenvalue weighted by Crippen LogP contribution is 2.44. The molecule has 0 saturated heterocycles. The molecule has 5 heterocycles. The lowest BCUT2D eigenvalue weighted by molar-refractivity contribution is -0.284. The largest absolute Gasteiger partial charge is 0.453 e. The van der Waals surface area contributed by atoms with Crippen LogP contribution in [-0.4, -0.2) is 62.7 Å². The Morgan fingerprint density at radius 2 is 1.78 bits per heavy atom. The van der Waals surface area contributed by atoms with Crippen LogP contribution in [0.5, 0.6) is 0 Å². The first-order valence-corrected chi connectivity index (χ1v) is 10.7. The molecule has 0 fully saturated rings. The number of carbonyl (C=O) groups is 1. The zero-order chi connectivity index (χ0) is 26.9. The van der Waals surface area contributed by atoms with Gasteiger partial charge in [0.15, 0.2) is 11.5 Å². The van der Waals surface area contributed by atoms with E-state index in [0.717, 1.165) is 0 Å². The lowest BCUT2D eigenvalue weighted by Crippen LogP contribution is -2.36. The molecule has 1 amide bonds. The molecule has 12 nitrogen and oxygen atoms in total. The smallest absolute Gasteiger partial charge is 0.383 e. The van der Waals surface area contributed by atoms with Crippen molar-refractivity contribution >= 4 is 28.6 Å². The fraction of sp³-hybridized carbons (Fsp3) is 0.400. The summed E-state index contributed by atoms with van der Waals surface area (Å²) in [6.45, 7) is 1.58. The van der Waals surface area contributed by atoms with Crippen LogP contribution >= 0.6 is 0 Å². The Morgan fingerprint density at radius 3 is 2.43 bits per heavy atom. The van der Waals surface area contributed by atoms with E-state index >= 15 is 0 Å². The number of nitrogens with zero attached hydrogens (tertiary/aromatic N) is 9. The van der Waals surface area contributed by atoms with Gasteiger partial charge in [-0.3, -0.25) is 9.48 Å². The second-order valence-corrected chi connectivity index (χ2v) is 8.65. The lowest BCUT2D eigenvalue weighted by Gasteiger charge is -2.20. The van der Waals surface area contributed by atoms with Gasteiger partial charge in [-0.05, 0) is 6.92 Å². The fourth-order valence-corrected chi connectivity index (χ4v) is 4.09. The minimum absolute atomic E-state index is 0.000259. The van der Waals surface area contributed by atoms with Gasteiger partial charge in [-0.15, -0.1) is 0 Å². The Hall–Kier alpha value is -4.31. The second kappa shape index (κ2) is 7.84. The molecule has 0 radical (unpaired) electrons. The van der Waals surface area contributed by atoms with E-state index in [1.165, 1.54) is 28.9 Å². The maximum Gasteiger partial charge on any atom is 0.453 e. The third-order valence-corrected chi connectivity index (χ3v) is 6.16. The normalized spacial score (nSPS) is 17.9. The Morgan fingerprint density at radius 1 is 1.05 bits per heavy atom. The summed E-state index contributed by atoms with van der Waals surface area (Å²) in [7, 11) is 3.09. The number of hydrogen-bond donors (Lipinski definition) is 2. The molecule has 0 saturated carbocycles. The van der Waals surface area contributed by atoms with Crippen molar-refractivity contribution < 1.29 is 26.7 Å². The monoisotopic (exact) mass is 523 g/mol. The van der Waals surface area contributed by atoms with E-state index in [4.69, 9.17) is 5.73 Å². The van der Waals surface area contributed by atoms with Gasteiger partial charge in [0, 0.05) is 26.9 Å². The van der Waals surface area contributed by atoms with Crippen molar-refractivity contribution in [3.63, 3.8) is 0 Å². The number of nitrogens with one attached hydrogen (secondary N) is 1. The zero-order valence-corrected chi connectivity index (χ0v) is 19.5. The van der Waals surface area contributed by atoms with Gasteiger partial charge in [0.1, 0.15) is 34.3 Å². The average molecular weight is 523 g/mol. The highest BCUT2D eigenvalue weighted by atomic mass is 19.4. The number of fused-ring (bicyclic) bond motifs is 2. The van der Waals surface area contributed by atoms with E-state index < -0.39 is 36.3 Å². The van der Waals surface area contributed by atoms with Crippen LogP contribution in [0.2, 0.25) is 0 Å². The maximum atomic E-state index is 13.5. The lowest BCUT2D eigenvalue weighted by atomic mass is 9.81. The topological polar surface area (TPSA) is 155 Å². The molecular weight excluding hydrogens is 505 g/mol. The summed E-state index contributed by atoms with van der Waals surface area (Å²) < 4.78 is 66.3. The minimum Gasteiger partial charge on any atom is -0.383 e. The third kappa shape index (κ3) is 3.72. The number of anilines is 2. The van der Waals surface area contributed by atoms with Crippen LogP contribution in [0.1, 0.15) is 30.4 Å². The summed E-state index contributed by atoms with van der Waals surface area (Å²) in [4.78, 5) is 31.2. The van der Waals surface area contributed by atoms with Crippen molar-refractivity contribution in [2.24, 2.45) is 14.1 Å². The third-order valence-electron chi connectivity index (χ3n) is 6.16. The van der Waals surface area contributed by atoms with E-state index in [-0.39, 0.29) is 40.2 Å². The summed E-state index contributed by atoms with van der Waals surface area (Å²) in [5.41, 5.74) is 5.62. The molecule has 5 rings (SSSR count). The first kappa shape index (κ1) is 24.4. The second-order valence-electron chi connectivity index (χ2n) is 8.65. The van der Waals surface area contributed by atoms with Crippen molar-refractivity contribution in [2.45, 2.75) is 37.3 Å². The molecule has 4 aromatic rings. The predicted molar refractivity (Wildman–Crippen MR) is 117 cm³/mol. The summed E-state index contributed by atoms with van der Waals surface area (Å²) in [5.74, 6) is -5.84. The minimum atomic E-state index is -5.71. The number of aryl methyl sites for hydroxylation is 3. The highest BCUT2D eigenvalue weighted by Gasteiger charge is 2.56. The van der Waals surface area contributed by atoms with Crippen molar-refractivity contribution in [1.82, 2.24) is 44.7 Å².